The van der Waals surface area contributed by atoms with E-state index in [1.807, 2.05) is 0 Å². The molecule has 2 saturated carbocycles. The number of halogens is 3. The van der Waals surface area contributed by atoms with Gasteiger partial charge in [0.1, 0.15) is 11.8 Å². The molecule has 4 atom stereocenters. The summed E-state index contributed by atoms with van der Waals surface area (Å²) in [6, 6.07) is 0. The monoisotopic (exact) mass is 278 g/mol. The molecule has 112 valence electrons. The highest BCUT2D eigenvalue weighted by Crippen LogP contribution is 2.37. The van der Waals surface area contributed by atoms with E-state index < -0.39 is 24.1 Å². The van der Waals surface area contributed by atoms with E-state index in [-0.39, 0.29) is 12.5 Å². The van der Waals surface area contributed by atoms with E-state index in [2.05, 4.69) is 6.92 Å². The van der Waals surface area contributed by atoms with Crippen LogP contribution in [0.3, 0.4) is 0 Å². The maximum absolute atomic E-state index is 14.5. The van der Waals surface area contributed by atoms with Crippen molar-refractivity contribution in [3.63, 3.8) is 0 Å². The van der Waals surface area contributed by atoms with Crippen molar-refractivity contribution in [2.45, 2.75) is 76.5 Å². The normalized spacial score (nSPS) is 48.2. The van der Waals surface area contributed by atoms with Gasteiger partial charge in [0.05, 0.1) is 12.7 Å². The Labute approximate surface area is 113 Å². The second-order valence-electron chi connectivity index (χ2n) is 6.63. The summed E-state index contributed by atoms with van der Waals surface area (Å²) in [4.78, 5) is 0. The first-order valence-corrected chi connectivity index (χ1v) is 7.50. The van der Waals surface area contributed by atoms with Crippen LogP contribution in [0.25, 0.3) is 0 Å². The van der Waals surface area contributed by atoms with E-state index in [1.54, 1.807) is 6.92 Å². The minimum absolute atomic E-state index is 0.0775. The molecule has 2 aliphatic rings. The highest BCUT2D eigenvalue weighted by molar-refractivity contribution is 4.89. The minimum Gasteiger partial charge on any atom is -0.372 e. The Morgan fingerprint density at radius 3 is 2.26 bits per heavy atom. The smallest absolute Gasteiger partial charge is 0.157 e. The standard InChI is InChI=1S/C15H25F3O/c1-10-5-7-15(18,8-6-10)9-19-12-4-3-11(2)13(16)14(12)17/h10-14H,3-9H2,1-2H3. The van der Waals surface area contributed by atoms with Gasteiger partial charge in [0.2, 0.25) is 0 Å². The summed E-state index contributed by atoms with van der Waals surface area (Å²) in [7, 11) is 0. The zero-order valence-electron chi connectivity index (χ0n) is 11.9. The first kappa shape index (κ1) is 15.1. The molecular weight excluding hydrogens is 253 g/mol. The summed E-state index contributed by atoms with van der Waals surface area (Å²) in [5.41, 5.74) is -1.33. The number of alkyl halides is 3. The lowest BCUT2D eigenvalue weighted by Gasteiger charge is -2.37. The zero-order valence-corrected chi connectivity index (χ0v) is 11.9. The second kappa shape index (κ2) is 6.02. The van der Waals surface area contributed by atoms with E-state index in [0.29, 0.717) is 31.6 Å². The second-order valence-corrected chi connectivity index (χ2v) is 6.63. The highest BCUT2D eigenvalue weighted by atomic mass is 19.2. The summed E-state index contributed by atoms with van der Waals surface area (Å²) >= 11 is 0. The maximum atomic E-state index is 14.5. The van der Waals surface area contributed by atoms with Gasteiger partial charge in [-0.3, -0.25) is 0 Å². The first-order valence-electron chi connectivity index (χ1n) is 7.50. The van der Waals surface area contributed by atoms with E-state index in [4.69, 9.17) is 4.74 Å². The third-order valence-corrected chi connectivity index (χ3v) is 4.84. The average molecular weight is 278 g/mol. The van der Waals surface area contributed by atoms with Gasteiger partial charge in [-0.25, -0.2) is 13.2 Å². The Hall–Kier alpha value is -0.250. The molecular formula is C15H25F3O. The molecule has 2 rings (SSSR count). The van der Waals surface area contributed by atoms with Gasteiger partial charge in [-0.05, 0) is 50.4 Å². The van der Waals surface area contributed by atoms with Gasteiger partial charge >= 0.3 is 0 Å². The molecule has 2 fully saturated rings. The first-order chi connectivity index (χ1) is 8.91. The molecule has 0 N–H and O–H groups in total. The molecule has 0 saturated heterocycles. The Morgan fingerprint density at radius 1 is 1.00 bits per heavy atom. The van der Waals surface area contributed by atoms with E-state index in [0.717, 1.165) is 12.8 Å². The summed E-state index contributed by atoms with van der Waals surface area (Å²) in [6.07, 6.45) is -0.0642. The fraction of sp³-hybridized carbons (Fsp3) is 1.00. The van der Waals surface area contributed by atoms with E-state index in [1.165, 1.54) is 0 Å². The molecule has 0 radical (unpaired) electrons. The number of hydrogen-bond donors (Lipinski definition) is 0. The van der Waals surface area contributed by atoms with Crippen LogP contribution < -0.4 is 0 Å². The Morgan fingerprint density at radius 2 is 1.63 bits per heavy atom. The summed E-state index contributed by atoms with van der Waals surface area (Å²) in [5.74, 6) is 0.299. The topological polar surface area (TPSA) is 9.23 Å². The van der Waals surface area contributed by atoms with Crippen molar-refractivity contribution < 1.29 is 17.9 Å². The van der Waals surface area contributed by atoms with Crippen LogP contribution in [-0.2, 0) is 4.74 Å². The molecule has 0 heterocycles. The van der Waals surface area contributed by atoms with Crippen molar-refractivity contribution in [3.05, 3.63) is 0 Å². The third kappa shape index (κ3) is 3.65. The average Bonchev–Trinajstić information content (AvgIpc) is 2.39. The lowest BCUT2D eigenvalue weighted by molar-refractivity contribution is -0.108. The van der Waals surface area contributed by atoms with Gasteiger partial charge in [-0.2, -0.15) is 0 Å². The lowest BCUT2D eigenvalue weighted by Crippen LogP contribution is -2.44. The fourth-order valence-electron chi connectivity index (χ4n) is 3.12. The molecule has 1 nitrogen and oxygen atoms in total. The van der Waals surface area contributed by atoms with Gasteiger partial charge < -0.3 is 4.74 Å². The molecule has 0 amide bonds. The van der Waals surface area contributed by atoms with Crippen LogP contribution in [0, 0.1) is 11.8 Å². The molecule has 0 aromatic carbocycles. The van der Waals surface area contributed by atoms with Crippen LogP contribution in [0.15, 0.2) is 0 Å². The van der Waals surface area contributed by atoms with Crippen molar-refractivity contribution in [2.24, 2.45) is 11.8 Å². The Balaban J connectivity index is 1.82. The lowest BCUT2D eigenvalue weighted by atomic mass is 9.81. The van der Waals surface area contributed by atoms with Crippen molar-refractivity contribution in [3.8, 4) is 0 Å². The van der Waals surface area contributed by atoms with Crippen molar-refractivity contribution in [1.29, 1.82) is 0 Å². The fourth-order valence-corrected chi connectivity index (χ4v) is 3.12. The Kier molecular flexibility index (Phi) is 4.80. The number of hydrogen-bond acceptors (Lipinski definition) is 1. The predicted octanol–water partition coefficient (Wildman–Crippen LogP) is 4.40. The van der Waals surface area contributed by atoms with Crippen LogP contribution in [0.1, 0.15) is 52.4 Å². The highest BCUT2D eigenvalue weighted by Gasteiger charge is 2.41. The molecule has 2 aliphatic carbocycles. The Bertz CT molecular complexity index is 289. The van der Waals surface area contributed by atoms with Gasteiger partial charge in [0.25, 0.3) is 0 Å². The summed E-state index contributed by atoms with van der Waals surface area (Å²) < 4.78 is 47.3. The molecule has 4 heteroatoms. The molecule has 4 unspecified atom stereocenters. The van der Waals surface area contributed by atoms with Crippen LogP contribution >= 0.6 is 0 Å². The van der Waals surface area contributed by atoms with Gasteiger partial charge in [-0.15, -0.1) is 0 Å². The third-order valence-electron chi connectivity index (χ3n) is 4.84. The number of ether oxygens (including phenoxy) is 1. The van der Waals surface area contributed by atoms with Crippen LogP contribution in [0.4, 0.5) is 13.2 Å². The molecule has 19 heavy (non-hydrogen) atoms. The quantitative estimate of drug-likeness (QED) is 0.743. The maximum Gasteiger partial charge on any atom is 0.157 e. The molecule has 0 aliphatic heterocycles. The van der Waals surface area contributed by atoms with Crippen LogP contribution in [0.5, 0.6) is 0 Å². The van der Waals surface area contributed by atoms with Gasteiger partial charge in [0, 0.05) is 0 Å². The largest absolute Gasteiger partial charge is 0.372 e. The predicted molar refractivity (Wildman–Crippen MR) is 69.4 cm³/mol. The van der Waals surface area contributed by atoms with Crippen molar-refractivity contribution >= 4 is 0 Å². The molecule has 0 bridgehead atoms. The molecule has 0 aromatic heterocycles. The van der Waals surface area contributed by atoms with Crippen molar-refractivity contribution in [1.82, 2.24) is 0 Å². The number of rotatable bonds is 3. The van der Waals surface area contributed by atoms with Crippen molar-refractivity contribution in [2.75, 3.05) is 6.61 Å². The summed E-state index contributed by atoms with van der Waals surface area (Å²) in [5, 5.41) is 0. The van der Waals surface area contributed by atoms with Crippen LogP contribution in [-0.4, -0.2) is 30.7 Å². The molecule has 0 aromatic rings. The summed E-state index contributed by atoms with van der Waals surface area (Å²) in [6.45, 7) is 3.76. The minimum atomic E-state index is -1.60. The van der Waals surface area contributed by atoms with Crippen LogP contribution in [0.2, 0.25) is 0 Å². The van der Waals surface area contributed by atoms with Gasteiger partial charge in [0.15, 0.2) is 6.17 Å². The zero-order chi connectivity index (χ0) is 14.0. The SMILES string of the molecule is CC1CCC(F)(COC2CCC(C)C(F)C2F)CC1. The van der Waals surface area contributed by atoms with Gasteiger partial charge in [-0.1, -0.05) is 13.8 Å². The van der Waals surface area contributed by atoms with E-state index in [9.17, 15) is 13.2 Å². The molecule has 0 spiro atoms. The van der Waals surface area contributed by atoms with E-state index >= 15 is 0 Å².